The van der Waals surface area contributed by atoms with Crippen molar-refractivity contribution in [3.63, 3.8) is 0 Å². The molecule has 2 aromatic carbocycles. The van der Waals surface area contributed by atoms with Crippen molar-refractivity contribution in [2.24, 2.45) is 0 Å². The number of aryl methyl sites for hydroxylation is 2. The Kier molecular flexibility index (Phi) is 6.75. The summed E-state index contributed by atoms with van der Waals surface area (Å²) in [4.78, 5) is 0. The predicted octanol–water partition coefficient (Wildman–Crippen LogP) is 6.14. The van der Waals surface area contributed by atoms with Gasteiger partial charge in [0.05, 0.1) is 0 Å². The number of phenols is 2. The summed E-state index contributed by atoms with van der Waals surface area (Å²) in [5.41, 5.74) is 9.66. The van der Waals surface area contributed by atoms with Crippen LogP contribution >= 0.6 is 0 Å². The second-order valence-corrected chi connectivity index (χ2v) is 6.90. The minimum atomic E-state index is 0.426. The fraction of sp³-hybridized carbons (Fsp3) is 0.500. The van der Waals surface area contributed by atoms with Crippen LogP contribution in [0, 0.1) is 0 Å². The van der Waals surface area contributed by atoms with E-state index in [0.29, 0.717) is 11.5 Å². The first kappa shape index (κ1) is 20.4. The highest BCUT2D eigenvalue weighted by Gasteiger charge is 2.23. The third kappa shape index (κ3) is 3.34. The molecule has 0 saturated carbocycles. The van der Waals surface area contributed by atoms with Crippen molar-refractivity contribution in [3.05, 3.63) is 45.5 Å². The van der Waals surface area contributed by atoms with Gasteiger partial charge in [-0.1, -0.05) is 41.5 Å². The van der Waals surface area contributed by atoms with E-state index in [1.54, 1.807) is 0 Å². The summed E-state index contributed by atoms with van der Waals surface area (Å²) in [5, 5.41) is 21.1. The van der Waals surface area contributed by atoms with Crippen LogP contribution in [0.5, 0.6) is 11.5 Å². The van der Waals surface area contributed by atoms with Crippen molar-refractivity contribution in [1.29, 1.82) is 0 Å². The molecule has 0 bridgehead atoms. The molecule has 0 aliphatic carbocycles. The Hall–Kier alpha value is -1.96. The van der Waals surface area contributed by atoms with E-state index in [4.69, 9.17) is 0 Å². The van der Waals surface area contributed by atoms with Crippen LogP contribution in [0.15, 0.2) is 12.1 Å². The summed E-state index contributed by atoms with van der Waals surface area (Å²) < 4.78 is 0. The third-order valence-corrected chi connectivity index (χ3v) is 5.64. The Bertz CT molecular complexity index is 720. The first-order valence-corrected chi connectivity index (χ1v) is 10.2. The molecule has 2 rings (SSSR count). The average Bonchev–Trinajstić information content (AvgIpc) is 2.65. The maximum atomic E-state index is 10.6. The Balaban J connectivity index is 3.04. The van der Waals surface area contributed by atoms with Crippen LogP contribution in [0.3, 0.4) is 0 Å². The molecular weight excluding hydrogens is 320 g/mol. The van der Waals surface area contributed by atoms with Crippen molar-refractivity contribution in [2.45, 2.75) is 80.1 Å². The molecular formula is C24H34O2. The van der Waals surface area contributed by atoms with Gasteiger partial charge in [0.1, 0.15) is 11.5 Å². The van der Waals surface area contributed by atoms with Gasteiger partial charge in [0, 0.05) is 0 Å². The van der Waals surface area contributed by atoms with Crippen LogP contribution in [-0.2, 0) is 38.5 Å². The van der Waals surface area contributed by atoms with Gasteiger partial charge in [0.25, 0.3) is 0 Å². The van der Waals surface area contributed by atoms with Crippen molar-refractivity contribution in [3.8, 4) is 22.6 Å². The summed E-state index contributed by atoms with van der Waals surface area (Å²) in [7, 11) is 0. The monoisotopic (exact) mass is 354 g/mol. The third-order valence-electron chi connectivity index (χ3n) is 5.64. The van der Waals surface area contributed by atoms with Gasteiger partial charge in [0.15, 0.2) is 0 Å². The van der Waals surface area contributed by atoms with Gasteiger partial charge in [-0.25, -0.2) is 0 Å². The fourth-order valence-electron chi connectivity index (χ4n) is 4.40. The van der Waals surface area contributed by atoms with E-state index in [-0.39, 0.29) is 0 Å². The zero-order valence-corrected chi connectivity index (χ0v) is 17.3. The maximum absolute atomic E-state index is 10.6. The van der Waals surface area contributed by atoms with E-state index in [1.807, 2.05) is 12.1 Å². The lowest BCUT2D eigenvalue weighted by molar-refractivity contribution is 0.466. The molecule has 2 aromatic rings. The normalized spacial score (nSPS) is 11.2. The molecule has 0 unspecified atom stereocenters. The van der Waals surface area contributed by atoms with Crippen LogP contribution in [0.25, 0.3) is 11.1 Å². The van der Waals surface area contributed by atoms with E-state index < -0.39 is 0 Å². The zero-order valence-electron chi connectivity index (χ0n) is 17.3. The van der Waals surface area contributed by atoms with E-state index in [1.165, 1.54) is 33.4 Å². The first-order valence-electron chi connectivity index (χ1n) is 10.2. The Morgan fingerprint density at radius 1 is 0.500 bits per heavy atom. The van der Waals surface area contributed by atoms with Gasteiger partial charge >= 0.3 is 0 Å². The number of hydrogen-bond acceptors (Lipinski definition) is 2. The molecule has 142 valence electrons. The number of rotatable bonds is 7. The summed E-state index contributed by atoms with van der Waals surface area (Å²) in [6.07, 6.45) is 5.22. The molecule has 0 amide bonds. The SMILES string of the molecule is CCc1cc(O)c(CC)c(CC)c1-c1c(CC)cc(O)c(CC)c1CC. The number of aromatic hydroxyl groups is 2. The molecule has 2 nitrogen and oxygen atoms in total. The second-order valence-electron chi connectivity index (χ2n) is 6.90. The van der Waals surface area contributed by atoms with Crippen LogP contribution in [-0.4, -0.2) is 10.2 Å². The minimum absolute atomic E-state index is 0.426. The van der Waals surface area contributed by atoms with Gasteiger partial charge in [-0.3, -0.25) is 0 Å². The van der Waals surface area contributed by atoms with Crippen molar-refractivity contribution in [2.75, 3.05) is 0 Å². The van der Waals surface area contributed by atoms with Crippen molar-refractivity contribution >= 4 is 0 Å². The second kappa shape index (κ2) is 8.62. The summed E-state index contributed by atoms with van der Waals surface area (Å²) in [6.45, 7) is 12.9. The summed E-state index contributed by atoms with van der Waals surface area (Å²) in [5.74, 6) is 0.853. The summed E-state index contributed by atoms with van der Waals surface area (Å²) in [6, 6.07) is 3.93. The van der Waals surface area contributed by atoms with Gasteiger partial charge < -0.3 is 10.2 Å². The van der Waals surface area contributed by atoms with Crippen molar-refractivity contribution in [1.82, 2.24) is 0 Å². The first-order chi connectivity index (χ1) is 12.5. The molecule has 2 N–H and O–H groups in total. The Morgan fingerprint density at radius 2 is 0.808 bits per heavy atom. The van der Waals surface area contributed by atoms with Gasteiger partial charge in [0.2, 0.25) is 0 Å². The van der Waals surface area contributed by atoms with Gasteiger partial charge in [-0.2, -0.15) is 0 Å². The lowest BCUT2D eigenvalue weighted by Gasteiger charge is -2.25. The number of hydrogen-bond donors (Lipinski definition) is 2. The topological polar surface area (TPSA) is 40.5 Å². The molecule has 0 heterocycles. The molecule has 0 spiro atoms. The number of phenolic OH excluding ortho intramolecular Hbond substituents is 2. The molecule has 0 aromatic heterocycles. The van der Waals surface area contributed by atoms with Crippen LogP contribution < -0.4 is 0 Å². The standard InChI is InChI=1S/C24H34O2/c1-7-15-13-21(25)17(9-3)19(11-5)23(15)24-16(8-2)14-22(26)18(10-4)20(24)12-6/h13-14,25-26H,7-12H2,1-6H3. The highest BCUT2D eigenvalue weighted by atomic mass is 16.3. The smallest absolute Gasteiger partial charge is 0.119 e. The highest BCUT2D eigenvalue weighted by Crippen LogP contribution is 2.43. The predicted molar refractivity (Wildman–Crippen MR) is 111 cm³/mol. The molecule has 0 aliphatic heterocycles. The quantitative estimate of drug-likeness (QED) is 0.627. The summed E-state index contributed by atoms with van der Waals surface area (Å²) >= 11 is 0. The molecule has 26 heavy (non-hydrogen) atoms. The lowest BCUT2D eigenvalue weighted by atomic mass is 9.80. The largest absolute Gasteiger partial charge is 0.508 e. The Morgan fingerprint density at radius 3 is 1.04 bits per heavy atom. The highest BCUT2D eigenvalue weighted by molar-refractivity contribution is 5.81. The lowest BCUT2D eigenvalue weighted by Crippen LogP contribution is -2.07. The van der Waals surface area contributed by atoms with Crippen molar-refractivity contribution < 1.29 is 10.2 Å². The van der Waals surface area contributed by atoms with E-state index in [2.05, 4.69) is 41.5 Å². The fourth-order valence-corrected chi connectivity index (χ4v) is 4.40. The van der Waals surface area contributed by atoms with E-state index in [0.717, 1.165) is 49.7 Å². The number of benzene rings is 2. The molecule has 0 fully saturated rings. The van der Waals surface area contributed by atoms with Crippen LogP contribution in [0.2, 0.25) is 0 Å². The van der Waals surface area contributed by atoms with Crippen LogP contribution in [0.1, 0.15) is 74.9 Å². The van der Waals surface area contributed by atoms with Gasteiger partial charge in [-0.15, -0.1) is 0 Å². The molecule has 0 saturated heterocycles. The average molecular weight is 355 g/mol. The Labute approximate surface area is 158 Å². The molecule has 0 aliphatic rings. The van der Waals surface area contributed by atoms with Gasteiger partial charge in [-0.05, 0) is 95.2 Å². The molecule has 0 atom stereocenters. The maximum Gasteiger partial charge on any atom is 0.119 e. The molecule has 2 heteroatoms. The van der Waals surface area contributed by atoms with Crippen LogP contribution in [0.4, 0.5) is 0 Å². The van der Waals surface area contributed by atoms with E-state index in [9.17, 15) is 10.2 Å². The molecule has 0 radical (unpaired) electrons. The van der Waals surface area contributed by atoms with E-state index >= 15 is 0 Å². The zero-order chi connectivity index (χ0) is 19.4. The minimum Gasteiger partial charge on any atom is -0.508 e.